The lowest BCUT2D eigenvalue weighted by atomic mass is 10.0. The first-order chi connectivity index (χ1) is 14.9. The fourth-order valence-electron chi connectivity index (χ4n) is 3.95. The van der Waals surface area contributed by atoms with Gasteiger partial charge in [-0.3, -0.25) is 0 Å². The average molecular weight is 430 g/mol. The first-order valence-electron chi connectivity index (χ1n) is 11.4. The van der Waals surface area contributed by atoms with Crippen LogP contribution < -0.4 is 5.32 Å². The summed E-state index contributed by atoms with van der Waals surface area (Å²) in [7, 11) is 2.11. The topological polar surface area (TPSA) is 44.8 Å². The van der Waals surface area contributed by atoms with Gasteiger partial charge in [0.15, 0.2) is 0 Å². The lowest BCUT2D eigenvalue weighted by Gasteiger charge is -2.37. The number of nitrogens with zero attached hydrogens (tertiary/aromatic N) is 2. The zero-order valence-electron chi connectivity index (χ0n) is 19.1. The molecule has 1 aromatic carbocycles. The second kappa shape index (κ2) is 11.3. The first-order valence-corrected chi connectivity index (χ1v) is 11.4. The molecule has 2 amide bonds. The van der Waals surface area contributed by atoms with Crippen LogP contribution in [-0.2, 0) is 11.3 Å². The molecule has 1 N–H and O–H groups in total. The Morgan fingerprint density at radius 2 is 1.90 bits per heavy atom. The van der Waals surface area contributed by atoms with E-state index in [4.69, 9.17) is 4.74 Å². The molecule has 0 bridgehead atoms. The van der Waals surface area contributed by atoms with Crippen LogP contribution in [0.25, 0.3) is 0 Å². The van der Waals surface area contributed by atoms with Gasteiger partial charge in [0.25, 0.3) is 0 Å². The van der Waals surface area contributed by atoms with Crippen LogP contribution >= 0.6 is 0 Å². The van der Waals surface area contributed by atoms with E-state index in [0.717, 1.165) is 56.7 Å². The van der Waals surface area contributed by atoms with Gasteiger partial charge in [0, 0.05) is 25.6 Å². The van der Waals surface area contributed by atoms with Gasteiger partial charge in [-0.2, -0.15) is 0 Å². The van der Waals surface area contributed by atoms with Gasteiger partial charge >= 0.3 is 6.03 Å². The average Bonchev–Trinajstić information content (AvgIpc) is 2.77. The van der Waals surface area contributed by atoms with Gasteiger partial charge in [-0.05, 0) is 69.1 Å². The molecule has 1 fully saturated rings. The lowest BCUT2D eigenvalue weighted by Crippen LogP contribution is -2.50. The molecule has 0 atom stereocenters. The van der Waals surface area contributed by atoms with Crippen LogP contribution in [0, 0.1) is 11.7 Å². The molecular formula is C25H36FN3O2. The summed E-state index contributed by atoms with van der Waals surface area (Å²) < 4.78 is 19.1. The Bertz CT molecular complexity index is 780. The molecule has 3 rings (SSSR count). The standard InChI is InChI=1S/C25H36FN3O2/c1-19(2)18-31-24-10-6-20(7-11-24)16-27-25(30)29(23-12-14-28(3)15-13-23)17-21-4-8-22(26)9-5-21/h4-6,8-10,19,23H,7,11-18H2,1-3H3,(H,27,30). The van der Waals surface area contributed by atoms with Crippen molar-refractivity contribution in [3.05, 3.63) is 59.1 Å². The van der Waals surface area contributed by atoms with Crippen molar-refractivity contribution < 1.29 is 13.9 Å². The van der Waals surface area contributed by atoms with Gasteiger partial charge in [0.05, 0.1) is 12.4 Å². The van der Waals surface area contributed by atoms with E-state index in [0.29, 0.717) is 19.0 Å². The van der Waals surface area contributed by atoms with Gasteiger partial charge in [0.1, 0.15) is 5.82 Å². The Kier molecular flexibility index (Phi) is 8.52. The highest BCUT2D eigenvalue weighted by molar-refractivity contribution is 5.75. The minimum atomic E-state index is -0.256. The molecule has 0 radical (unpaired) electrons. The molecule has 170 valence electrons. The molecule has 0 aromatic heterocycles. The third kappa shape index (κ3) is 7.39. The number of ether oxygens (including phenoxy) is 1. The zero-order valence-corrected chi connectivity index (χ0v) is 19.1. The van der Waals surface area contributed by atoms with Crippen molar-refractivity contribution in [2.45, 2.75) is 52.1 Å². The number of likely N-dealkylation sites (tertiary alicyclic amines) is 1. The second-order valence-electron chi connectivity index (χ2n) is 9.11. The molecule has 1 saturated heterocycles. The Balaban J connectivity index is 1.59. The lowest BCUT2D eigenvalue weighted by molar-refractivity contribution is 0.127. The zero-order chi connectivity index (χ0) is 22.2. The van der Waals surface area contributed by atoms with E-state index < -0.39 is 0 Å². The van der Waals surface area contributed by atoms with Gasteiger partial charge in [-0.1, -0.05) is 37.6 Å². The summed E-state index contributed by atoms with van der Waals surface area (Å²) in [6, 6.07) is 6.58. The van der Waals surface area contributed by atoms with E-state index in [1.54, 1.807) is 12.1 Å². The van der Waals surface area contributed by atoms with Gasteiger partial charge in [-0.25, -0.2) is 9.18 Å². The minimum absolute atomic E-state index is 0.0504. The predicted molar refractivity (Wildman–Crippen MR) is 122 cm³/mol. The van der Waals surface area contributed by atoms with E-state index in [1.807, 2.05) is 11.0 Å². The third-order valence-corrected chi connectivity index (χ3v) is 5.92. The highest BCUT2D eigenvalue weighted by atomic mass is 19.1. The van der Waals surface area contributed by atoms with Crippen molar-refractivity contribution in [2.24, 2.45) is 5.92 Å². The van der Waals surface area contributed by atoms with Crippen LogP contribution in [-0.4, -0.2) is 55.2 Å². The maximum atomic E-state index is 13.3. The number of allylic oxidation sites excluding steroid dienone is 3. The summed E-state index contributed by atoms with van der Waals surface area (Å²) in [5.74, 6) is 1.28. The number of hydrogen-bond donors (Lipinski definition) is 1. The Morgan fingerprint density at radius 1 is 1.19 bits per heavy atom. The Morgan fingerprint density at radius 3 is 2.52 bits per heavy atom. The largest absolute Gasteiger partial charge is 0.498 e. The fourth-order valence-corrected chi connectivity index (χ4v) is 3.95. The van der Waals surface area contributed by atoms with Crippen molar-refractivity contribution in [3.63, 3.8) is 0 Å². The van der Waals surface area contributed by atoms with Crippen molar-refractivity contribution in [1.29, 1.82) is 0 Å². The number of amides is 2. The predicted octanol–water partition coefficient (Wildman–Crippen LogP) is 4.71. The Hall–Kier alpha value is -2.34. The van der Waals surface area contributed by atoms with Crippen molar-refractivity contribution >= 4 is 6.03 Å². The number of benzene rings is 1. The van der Waals surface area contributed by atoms with Crippen molar-refractivity contribution in [3.8, 4) is 0 Å². The van der Waals surface area contributed by atoms with Crippen LogP contribution in [0.4, 0.5) is 9.18 Å². The summed E-state index contributed by atoms with van der Waals surface area (Å²) in [6.07, 6.45) is 7.78. The molecule has 0 saturated carbocycles. The van der Waals surface area contributed by atoms with Crippen molar-refractivity contribution in [2.75, 3.05) is 33.3 Å². The van der Waals surface area contributed by atoms with Crippen LogP contribution in [0.15, 0.2) is 47.7 Å². The summed E-state index contributed by atoms with van der Waals surface area (Å²) in [5, 5.41) is 3.12. The van der Waals surface area contributed by atoms with E-state index in [2.05, 4.69) is 37.2 Å². The van der Waals surface area contributed by atoms with Gasteiger partial charge in [-0.15, -0.1) is 0 Å². The molecule has 1 heterocycles. The number of rotatable bonds is 8. The molecule has 0 spiro atoms. The smallest absolute Gasteiger partial charge is 0.318 e. The molecular weight excluding hydrogens is 393 g/mol. The summed E-state index contributed by atoms with van der Waals surface area (Å²) in [5.41, 5.74) is 2.15. The maximum absolute atomic E-state index is 13.3. The summed E-state index contributed by atoms with van der Waals surface area (Å²) in [6.45, 7) is 8.01. The van der Waals surface area contributed by atoms with E-state index in [9.17, 15) is 9.18 Å². The number of piperidine rings is 1. The normalized spacial score (nSPS) is 17.8. The number of carbonyl (C=O) groups excluding carboxylic acids is 1. The van der Waals surface area contributed by atoms with Gasteiger partial charge < -0.3 is 19.9 Å². The molecule has 2 aliphatic rings. The fraction of sp³-hybridized carbons (Fsp3) is 0.560. The number of halogens is 1. The first kappa shape index (κ1) is 23.3. The van der Waals surface area contributed by atoms with E-state index in [-0.39, 0.29) is 17.9 Å². The van der Waals surface area contributed by atoms with E-state index in [1.165, 1.54) is 17.7 Å². The minimum Gasteiger partial charge on any atom is -0.498 e. The van der Waals surface area contributed by atoms with Crippen LogP contribution in [0.5, 0.6) is 0 Å². The van der Waals surface area contributed by atoms with Crippen molar-refractivity contribution in [1.82, 2.24) is 15.1 Å². The number of nitrogens with one attached hydrogen (secondary N) is 1. The molecule has 1 aromatic rings. The highest BCUT2D eigenvalue weighted by Crippen LogP contribution is 2.21. The Labute approximate surface area is 185 Å². The van der Waals surface area contributed by atoms with Gasteiger partial charge in [0.2, 0.25) is 0 Å². The van der Waals surface area contributed by atoms with E-state index >= 15 is 0 Å². The quantitative estimate of drug-likeness (QED) is 0.651. The summed E-state index contributed by atoms with van der Waals surface area (Å²) in [4.78, 5) is 17.4. The molecule has 0 unspecified atom stereocenters. The molecule has 5 nitrogen and oxygen atoms in total. The van der Waals surface area contributed by atoms with Crippen LogP contribution in [0.3, 0.4) is 0 Å². The third-order valence-electron chi connectivity index (χ3n) is 5.92. The SMILES string of the molecule is CC(C)COC1=CC=C(CNC(=O)N(Cc2ccc(F)cc2)C2CCN(C)CC2)CC1. The monoisotopic (exact) mass is 429 g/mol. The molecule has 6 heteroatoms. The number of carbonyl (C=O) groups is 1. The maximum Gasteiger partial charge on any atom is 0.318 e. The number of urea groups is 1. The molecule has 31 heavy (non-hydrogen) atoms. The van der Waals surface area contributed by atoms with Crippen LogP contribution in [0.2, 0.25) is 0 Å². The summed E-state index contributed by atoms with van der Waals surface area (Å²) >= 11 is 0. The second-order valence-corrected chi connectivity index (χ2v) is 9.11. The van der Waals surface area contributed by atoms with Crippen LogP contribution in [0.1, 0.15) is 45.1 Å². The number of hydrogen-bond acceptors (Lipinski definition) is 3. The molecule has 1 aliphatic heterocycles. The highest BCUT2D eigenvalue weighted by Gasteiger charge is 2.27. The molecule has 1 aliphatic carbocycles.